The van der Waals surface area contributed by atoms with Crippen LogP contribution in [-0.4, -0.2) is 62.7 Å². The Morgan fingerprint density at radius 2 is 1.34 bits per heavy atom. The number of esters is 1. The molecule has 0 fully saturated rings. The van der Waals surface area contributed by atoms with Crippen molar-refractivity contribution in [3.8, 4) is 0 Å². The molecule has 0 aliphatic rings. The van der Waals surface area contributed by atoms with Crippen LogP contribution >= 0.6 is 0 Å². The van der Waals surface area contributed by atoms with Crippen molar-refractivity contribution in [2.75, 3.05) is 20.8 Å². The first-order valence-corrected chi connectivity index (χ1v) is 9.06. The first-order chi connectivity index (χ1) is 15.4. The number of hydrogen-bond donors (Lipinski definition) is 4. The van der Waals surface area contributed by atoms with Gasteiger partial charge in [0.1, 0.15) is 6.61 Å². The fraction of sp³-hybridized carbons (Fsp3) is 0.143. The van der Waals surface area contributed by atoms with E-state index in [1.807, 2.05) is 0 Å². The molecule has 0 unspecified atom stereocenters. The van der Waals surface area contributed by atoms with Crippen LogP contribution in [-0.2, 0) is 4.74 Å². The van der Waals surface area contributed by atoms with Gasteiger partial charge in [0.25, 0.3) is 11.1 Å². The fourth-order valence-corrected chi connectivity index (χ4v) is 2.65. The van der Waals surface area contributed by atoms with Gasteiger partial charge in [-0.1, -0.05) is 6.07 Å². The summed E-state index contributed by atoms with van der Waals surface area (Å²) in [5.41, 5.74) is 1.17. The van der Waals surface area contributed by atoms with Gasteiger partial charge in [0, 0.05) is 12.7 Å². The number of nitrogens with one attached hydrogen (secondary N) is 2. The van der Waals surface area contributed by atoms with Gasteiger partial charge in [-0.2, -0.15) is 0 Å². The Balaban J connectivity index is 0.000000211. The zero-order chi connectivity index (χ0) is 23.7. The molecule has 0 saturated carbocycles. The third-order valence-electron chi connectivity index (χ3n) is 4.17. The van der Waals surface area contributed by atoms with Crippen molar-refractivity contribution in [3.63, 3.8) is 0 Å². The standard InChI is InChI=1S/2C10H8N2O3.CH4O/c1-15-10(14)6-2-3-7-8(4-6)11-5-12-9(7)13;13-4-9(14)6-1-2-7-8(3-6)11-5-12-10(7)15;1-2/h2-5H,1H3,(H,11,12,13);1-3,5,13H,4H2,(H,11,12,15);2H,1H3. The van der Waals surface area contributed by atoms with Gasteiger partial charge in [-0.25, -0.2) is 14.8 Å². The summed E-state index contributed by atoms with van der Waals surface area (Å²) in [6.45, 7) is -0.547. The van der Waals surface area contributed by atoms with E-state index in [2.05, 4.69) is 24.7 Å². The molecule has 0 saturated heterocycles. The van der Waals surface area contributed by atoms with Gasteiger partial charge in [0.15, 0.2) is 5.78 Å². The van der Waals surface area contributed by atoms with Gasteiger partial charge in [-0.3, -0.25) is 14.4 Å². The molecule has 0 radical (unpaired) electrons. The number of ether oxygens (including phenoxy) is 1. The van der Waals surface area contributed by atoms with E-state index in [-0.39, 0.29) is 16.9 Å². The van der Waals surface area contributed by atoms with Crippen molar-refractivity contribution < 1.29 is 24.5 Å². The normalized spacial score (nSPS) is 9.88. The number of hydrogen-bond acceptors (Lipinski definition) is 9. The number of aromatic amines is 2. The van der Waals surface area contributed by atoms with Gasteiger partial charge in [0.2, 0.25) is 0 Å². The van der Waals surface area contributed by atoms with Crippen LogP contribution in [0.25, 0.3) is 21.8 Å². The van der Waals surface area contributed by atoms with E-state index in [0.29, 0.717) is 32.9 Å². The van der Waals surface area contributed by atoms with Crippen LogP contribution in [0.3, 0.4) is 0 Å². The highest BCUT2D eigenvalue weighted by atomic mass is 16.5. The van der Waals surface area contributed by atoms with Gasteiger partial charge in [-0.05, 0) is 30.3 Å². The molecule has 0 atom stereocenters. The predicted molar refractivity (Wildman–Crippen MR) is 116 cm³/mol. The van der Waals surface area contributed by atoms with Gasteiger partial charge in [-0.15, -0.1) is 0 Å². The maximum atomic E-state index is 11.3. The van der Waals surface area contributed by atoms with E-state index in [9.17, 15) is 19.2 Å². The largest absolute Gasteiger partial charge is 0.465 e. The number of rotatable bonds is 3. The second-order valence-corrected chi connectivity index (χ2v) is 6.00. The Morgan fingerprint density at radius 1 is 0.875 bits per heavy atom. The fourth-order valence-electron chi connectivity index (χ4n) is 2.65. The van der Waals surface area contributed by atoms with Crippen molar-refractivity contribution in [2.45, 2.75) is 0 Å². The Labute approximate surface area is 180 Å². The first-order valence-electron chi connectivity index (χ1n) is 9.06. The second kappa shape index (κ2) is 11.2. The molecule has 11 heteroatoms. The molecule has 32 heavy (non-hydrogen) atoms. The lowest BCUT2D eigenvalue weighted by atomic mass is 10.1. The number of aromatic nitrogens is 4. The van der Waals surface area contributed by atoms with E-state index < -0.39 is 12.6 Å². The number of carbonyl (C=O) groups excluding carboxylic acids is 2. The van der Waals surface area contributed by atoms with Crippen molar-refractivity contribution >= 4 is 33.6 Å². The number of methoxy groups -OCH3 is 1. The molecular formula is C21H20N4O7. The lowest BCUT2D eigenvalue weighted by Gasteiger charge is -2.00. The summed E-state index contributed by atoms with van der Waals surface area (Å²) in [7, 11) is 2.30. The van der Waals surface area contributed by atoms with E-state index in [0.717, 1.165) is 7.11 Å². The number of aliphatic hydroxyl groups excluding tert-OH is 2. The Bertz CT molecular complexity index is 1260. The molecule has 0 aliphatic heterocycles. The van der Waals surface area contributed by atoms with Crippen molar-refractivity contribution in [1.29, 1.82) is 0 Å². The minimum atomic E-state index is -0.547. The topological polar surface area (TPSA) is 175 Å². The Hall–Kier alpha value is -4.22. The maximum Gasteiger partial charge on any atom is 0.337 e. The van der Waals surface area contributed by atoms with Crippen LogP contribution in [0.2, 0.25) is 0 Å². The van der Waals surface area contributed by atoms with Gasteiger partial charge < -0.3 is 24.9 Å². The molecule has 0 aliphatic carbocycles. The zero-order valence-electron chi connectivity index (χ0n) is 17.2. The van der Waals surface area contributed by atoms with E-state index in [1.165, 1.54) is 50.1 Å². The van der Waals surface area contributed by atoms with Crippen LogP contribution in [0.5, 0.6) is 0 Å². The molecule has 166 valence electrons. The number of benzene rings is 2. The smallest absolute Gasteiger partial charge is 0.337 e. The highest BCUT2D eigenvalue weighted by Gasteiger charge is 2.08. The minimum absolute atomic E-state index is 0.226. The number of aliphatic hydroxyl groups is 2. The molecule has 4 rings (SSSR count). The number of ketones is 1. The lowest BCUT2D eigenvalue weighted by molar-refractivity contribution is 0.0600. The zero-order valence-corrected chi connectivity index (χ0v) is 17.2. The summed E-state index contributed by atoms with van der Waals surface area (Å²) in [6, 6.07) is 9.11. The molecule has 4 aromatic rings. The summed E-state index contributed by atoms with van der Waals surface area (Å²) >= 11 is 0. The number of H-pyrrole nitrogens is 2. The van der Waals surface area contributed by atoms with Crippen LogP contribution in [0.15, 0.2) is 58.6 Å². The molecule has 2 heterocycles. The summed E-state index contributed by atoms with van der Waals surface area (Å²) in [6.07, 6.45) is 2.57. The van der Waals surface area contributed by atoms with Crippen molar-refractivity contribution in [2.24, 2.45) is 0 Å². The van der Waals surface area contributed by atoms with Crippen LogP contribution in [0, 0.1) is 0 Å². The first kappa shape index (κ1) is 24.1. The number of Topliss-reactive ketones (excluding diaryl/α,β-unsaturated/α-hetero) is 1. The quantitative estimate of drug-likeness (QED) is 0.260. The van der Waals surface area contributed by atoms with E-state index in [4.69, 9.17) is 10.2 Å². The monoisotopic (exact) mass is 440 g/mol. The molecule has 11 nitrogen and oxygen atoms in total. The summed E-state index contributed by atoms with van der Waals surface area (Å²) in [5, 5.41) is 16.5. The highest BCUT2D eigenvalue weighted by molar-refractivity contribution is 5.99. The van der Waals surface area contributed by atoms with E-state index in [1.54, 1.807) is 6.07 Å². The summed E-state index contributed by atoms with van der Waals surface area (Å²) < 4.78 is 4.56. The van der Waals surface area contributed by atoms with Crippen LogP contribution in [0.1, 0.15) is 20.7 Å². The Morgan fingerprint density at radius 3 is 1.81 bits per heavy atom. The Kier molecular flexibility index (Phi) is 8.45. The maximum absolute atomic E-state index is 11.3. The molecule has 4 N–H and O–H groups in total. The molecule has 2 aromatic heterocycles. The van der Waals surface area contributed by atoms with Crippen LogP contribution < -0.4 is 11.1 Å². The van der Waals surface area contributed by atoms with Crippen LogP contribution in [0.4, 0.5) is 0 Å². The minimum Gasteiger partial charge on any atom is -0.465 e. The molecule has 0 amide bonds. The summed E-state index contributed by atoms with van der Waals surface area (Å²) in [5.74, 6) is -0.835. The SMILES string of the molecule is CO.COC(=O)c1ccc2c(=O)[nH]cnc2c1.O=C(CO)c1ccc2c(=O)[nH]cnc2c1. The average Bonchev–Trinajstić information content (AvgIpc) is 2.84. The molecular weight excluding hydrogens is 420 g/mol. The molecule has 0 bridgehead atoms. The highest BCUT2D eigenvalue weighted by Crippen LogP contribution is 2.10. The average molecular weight is 440 g/mol. The second-order valence-electron chi connectivity index (χ2n) is 6.00. The third kappa shape index (κ3) is 5.47. The van der Waals surface area contributed by atoms with Gasteiger partial charge >= 0.3 is 5.97 Å². The van der Waals surface area contributed by atoms with Gasteiger partial charge in [0.05, 0.1) is 47.1 Å². The summed E-state index contributed by atoms with van der Waals surface area (Å²) in [4.78, 5) is 57.8. The number of nitrogens with zero attached hydrogens (tertiary/aromatic N) is 2. The number of fused-ring (bicyclic) bond motifs is 2. The molecule has 2 aromatic carbocycles. The molecule has 0 spiro atoms. The van der Waals surface area contributed by atoms with Crippen molar-refractivity contribution in [1.82, 2.24) is 19.9 Å². The third-order valence-corrected chi connectivity index (χ3v) is 4.17. The van der Waals surface area contributed by atoms with E-state index >= 15 is 0 Å². The van der Waals surface area contributed by atoms with Crippen molar-refractivity contribution in [3.05, 3.63) is 80.9 Å². The predicted octanol–water partition coefficient (Wildman–Crippen LogP) is 0.416. The number of carbonyl (C=O) groups is 2. The lowest BCUT2D eigenvalue weighted by Crippen LogP contribution is -2.08.